The van der Waals surface area contributed by atoms with Crippen LogP contribution < -0.4 is 0 Å². The molecule has 0 unspecified atom stereocenters. The zero-order chi connectivity index (χ0) is 12.8. The van der Waals surface area contributed by atoms with Crippen molar-refractivity contribution in [1.29, 1.82) is 0 Å². The Morgan fingerprint density at radius 3 is 2.22 bits per heavy atom. The molecule has 0 bridgehead atoms. The maximum atomic E-state index is 11.5. The van der Waals surface area contributed by atoms with Crippen molar-refractivity contribution in [2.24, 2.45) is 0 Å². The molecule has 0 heterocycles. The molecule has 0 radical (unpaired) electrons. The summed E-state index contributed by atoms with van der Waals surface area (Å²) in [4.78, 5) is 11.5. The van der Waals surface area contributed by atoms with Gasteiger partial charge in [0, 0.05) is 30.7 Å². The van der Waals surface area contributed by atoms with E-state index in [9.17, 15) is 4.79 Å². The van der Waals surface area contributed by atoms with Crippen LogP contribution in [0.5, 0.6) is 0 Å². The molecular weight excluding hydrogens is 224 g/mol. The predicted molar refractivity (Wildman–Crippen MR) is 71.3 cm³/mol. The summed E-state index contributed by atoms with van der Waals surface area (Å²) in [5.74, 6) is -0.274. The summed E-state index contributed by atoms with van der Waals surface area (Å²) in [5, 5.41) is 0. The van der Waals surface area contributed by atoms with E-state index in [0.717, 1.165) is 11.1 Å². The summed E-state index contributed by atoms with van der Waals surface area (Å²) in [7, 11) is 0. The second-order valence-electron chi connectivity index (χ2n) is 3.90. The van der Waals surface area contributed by atoms with E-state index in [1.165, 1.54) is 0 Å². The lowest BCUT2D eigenvalue weighted by Gasteiger charge is -2.00. The SMILES string of the molecule is CCOC(=O)c1ccc([CH+]c2ccccc2)cc1. The summed E-state index contributed by atoms with van der Waals surface area (Å²) >= 11 is 0. The van der Waals surface area contributed by atoms with Gasteiger partial charge in [-0.05, 0) is 37.3 Å². The Morgan fingerprint density at radius 2 is 1.61 bits per heavy atom. The van der Waals surface area contributed by atoms with Gasteiger partial charge in [-0.15, -0.1) is 0 Å². The van der Waals surface area contributed by atoms with Crippen molar-refractivity contribution in [1.82, 2.24) is 0 Å². The van der Waals surface area contributed by atoms with E-state index in [0.29, 0.717) is 12.2 Å². The normalized spacial score (nSPS) is 9.83. The van der Waals surface area contributed by atoms with Gasteiger partial charge in [0.25, 0.3) is 0 Å². The molecule has 0 aliphatic heterocycles. The van der Waals surface area contributed by atoms with E-state index in [2.05, 4.69) is 6.42 Å². The number of esters is 1. The summed E-state index contributed by atoms with van der Waals surface area (Å²) in [6.45, 7) is 2.20. The van der Waals surface area contributed by atoms with Gasteiger partial charge in [0.15, 0.2) is 0 Å². The molecule has 0 aliphatic carbocycles. The van der Waals surface area contributed by atoms with Gasteiger partial charge >= 0.3 is 5.97 Å². The average molecular weight is 239 g/mol. The Morgan fingerprint density at radius 1 is 1.00 bits per heavy atom. The lowest BCUT2D eigenvalue weighted by Crippen LogP contribution is -2.04. The highest BCUT2D eigenvalue weighted by Gasteiger charge is 2.08. The number of carbonyl (C=O) groups excluding carboxylic acids is 1. The molecule has 0 aromatic heterocycles. The highest BCUT2D eigenvalue weighted by molar-refractivity contribution is 5.89. The topological polar surface area (TPSA) is 26.3 Å². The molecular formula is C16H15O2+. The average Bonchev–Trinajstić information content (AvgIpc) is 2.41. The van der Waals surface area contributed by atoms with Gasteiger partial charge in [-0.1, -0.05) is 0 Å². The molecule has 18 heavy (non-hydrogen) atoms. The zero-order valence-electron chi connectivity index (χ0n) is 10.3. The first kappa shape index (κ1) is 12.2. The van der Waals surface area contributed by atoms with Crippen LogP contribution in [-0.2, 0) is 4.74 Å². The molecule has 0 saturated carbocycles. The van der Waals surface area contributed by atoms with Gasteiger partial charge in [-0.25, -0.2) is 4.79 Å². The standard InChI is InChI=1S/C16H15O2/c1-2-18-16(17)15-10-8-14(9-11-15)12-13-6-4-3-5-7-13/h3-12H,2H2,1H3/q+1. The van der Waals surface area contributed by atoms with Crippen LogP contribution in [0.1, 0.15) is 28.4 Å². The Hall–Kier alpha value is -2.22. The molecule has 2 aromatic rings. The third kappa shape index (κ3) is 3.14. The summed E-state index contributed by atoms with van der Waals surface area (Å²) < 4.78 is 4.94. The molecule has 0 aliphatic rings. The third-order valence-corrected chi connectivity index (χ3v) is 2.55. The van der Waals surface area contributed by atoms with Crippen LogP contribution in [-0.4, -0.2) is 12.6 Å². The first-order valence-electron chi connectivity index (χ1n) is 5.96. The van der Waals surface area contributed by atoms with E-state index in [4.69, 9.17) is 4.74 Å². The van der Waals surface area contributed by atoms with Crippen molar-refractivity contribution in [3.05, 3.63) is 77.7 Å². The Kier molecular flexibility index (Phi) is 4.02. The van der Waals surface area contributed by atoms with Crippen molar-refractivity contribution in [2.45, 2.75) is 6.92 Å². The maximum absolute atomic E-state index is 11.5. The first-order chi connectivity index (χ1) is 8.79. The Labute approximate surface area is 107 Å². The molecule has 0 atom stereocenters. The highest BCUT2D eigenvalue weighted by Crippen LogP contribution is 2.13. The smallest absolute Gasteiger partial charge is 0.339 e. The number of benzene rings is 2. The fourth-order valence-corrected chi connectivity index (χ4v) is 1.67. The van der Waals surface area contributed by atoms with Crippen LogP contribution in [0.25, 0.3) is 0 Å². The van der Waals surface area contributed by atoms with Crippen molar-refractivity contribution >= 4 is 5.97 Å². The monoisotopic (exact) mass is 239 g/mol. The second kappa shape index (κ2) is 5.92. The van der Waals surface area contributed by atoms with Crippen molar-refractivity contribution in [3.63, 3.8) is 0 Å². The number of rotatable bonds is 4. The van der Waals surface area contributed by atoms with E-state index in [1.54, 1.807) is 19.1 Å². The molecule has 2 nitrogen and oxygen atoms in total. The fourth-order valence-electron chi connectivity index (χ4n) is 1.67. The lowest BCUT2D eigenvalue weighted by molar-refractivity contribution is 0.0526. The van der Waals surface area contributed by atoms with Gasteiger partial charge < -0.3 is 4.74 Å². The van der Waals surface area contributed by atoms with Crippen LogP contribution in [0.4, 0.5) is 0 Å². The summed E-state index contributed by atoms with van der Waals surface area (Å²) in [6, 6.07) is 17.5. The van der Waals surface area contributed by atoms with Crippen molar-refractivity contribution in [2.75, 3.05) is 6.61 Å². The van der Waals surface area contributed by atoms with Crippen LogP contribution in [0.15, 0.2) is 54.6 Å². The minimum atomic E-state index is -0.274. The molecule has 0 spiro atoms. The molecule has 0 saturated heterocycles. The molecule has 90 valence electrons. The van der Waals surface area contributed by atoms with Gasteiger partial charge in [0.1, 0.15) is 0 Å². The van der Waals surface area contributed by atoms with Gasteiger partial charge in [0.05, 0.1) is 23.3 Å². The number of hydrogen-bond donors (Lipinski definition) is 0. The zero-order valence-corrected chi connectivity index (χ0v) is 10.3. The Balaban J connectivity index is 2.06. The first-order valence-corrected chi connectivity index (χ1v) is 5.96. The maximum Gasteiger partial charge on any atom is 0.339 e. The van der Waals surface area contributed by atoms with Crippen molar-refractivity contribution < 1.29 is 9.53 Å². The summed E-state index contributed by atoms with van der Waals surface area (Å²) in [6.07, 6.45) is 2.06. The lowest BCUT2D eigenvalue weighted by atomic mass is 10.0. The van der Waals surface area contributed by atoms with E-state index < -0.39 is 0 Å². The quantitative estimate of drug-likeness (QED) is 0.603. The van der Waals surface area contributed by atoms with Crippen LogP contribution in [0, 0.1) is 6.42 Å². The number of hydrogen-bond acceptors (Lipinski definition) is 2. The van der Waals surface area contributed by atoms with E-state index >= 15 is 0 Å². The van der Waals surface area contributed by atoms with E-state index in [1.807, 2.05) is 42.5 Å². The van der Waals surface area contributed by atoms with Crippen LogP contribution in [0.3, 0.4) is 0 Å². The van der Waals surface area contributed by atoms with Gasteiger partial charge in [-0.2, -0.15) is 0 Å². The van der Waals surface area contributed by atoms with Crippen LogP contribution >= 0.6 is 0 Å². The van der Waals surface area contributed by atoms with Crippen LogP contribution in [0.2, 0.25) is 0 Å². The number of carbonyl (C=O) groups is 1. The van der Waals surface area contributed by atoms with E-state index in [-0.39, 0.29) is 5.97 Å². The molecule has 0 N–H and O–H groups in total. The molecule has 2 heteroatoms. The largest absolute Gasteiger partial charge is 0.462 e. The molecule has 2 rings (SSSR count). The van der Waals surface area contributed by atoms with Gasteiger partial charge in [0.2, 0.25) is 0 Å². The second-order valence-corrected chi connectivity index (χ2v) is 3.90. The highest BCUT2D eigenvalue weighted by atomic mass is 16.5. The van der Waals surface area contributed by atoms with Gasteiger partial charge in [-0.3, -0.25) is 0 Å². The molecule has 0 amide bonds. The predicted octanol–water partition coefficient (Wildman–Crippen LogP) is 3.46. The fraction of sp³-hybridized carbons (Fsp3) is 0.125. The Bertz CT molecular complexity index is 500. The number of ether oxygens (including phenoxy) is 1. The minimum absolute atomic E-state index is 0.274. The summed E-state index contributed by atoms with van der Waals surface area (Å²) in [5.41, 5.74) is 2.79. The molecule has 0 fully saturated rings. The third-order valence-electron chi connectivity index (χ3n) is 2.55. The molecule has 2 aromatic carbocycles. The van der Waals surface area contributed by atoms with Crippen molar-refractivity contribution in [3.8, 4) is 0 Å². The minimum Gasteiger partial charge on any atom is -0.462 e.